The first-order chi connectivity index (χ1) is 14.2. The average Bonchev–Trinajstić information content (AvgIpc) is 2.77. The molecule has 1 amide bonds. The van der Waals surface area contributed by atoms with Gasteiger partial charge in [-0.3, -0.25) is 4.79 Å². The molecule has 0 aliphatic rings. The molecule has 0 unspecified atom stereocenters. The number of ether oxygens (including phenoxy) is 1. The van der Waals surface area contributed by atoms with Crippen LogP contribution >= 0.6 is 0 Å². The van der Waals surface area contributed by atoms with Crippen molar-refractivity contribution in [1.29, 1.82) is 0 Å². The Kier molecular flexibility index (Phi) is 7.81. The number of aliphatic hydroxyl groups excluding tert-OH is 1. The molecule has 0 aliphatic heterocycles. The van der Waals surface area contributed by atoms with Crippen LogP contribution in [0.2, 0.25) is 0 Å². The highest BCUT2D eigenvalue weighted by Crippen LogP contribution is 2.12. The second kappa shape index (κ2) is 11.0. The number of hydrogen-bond donors (Lipinski definition) is 3. The third-order valence-corrected chi connectivity index (χ3v) is 4.40. The van der Waals surface area contributed by atoms with E-state index in [0.29, 0.717) is 12.1 Å². The Morgan fingerprint density at radius 1 is 0.897 bits per heavy atom. The molecule has 0 heterocycles. The highest BCUT2D eigenvalue weighted by molar-refractivity contribution is 6.04. The summed E-state index contributed by atoms with van der Waals surface area (Å²) in [5.74, 6) is 0.637. The van der Waals surface area contributed by atoms with Gasteiger partial charge >= 0.3 is 0 Å². The Hall–Kier alpha value is -3.15. The Bertz CT molecular complexity index is 868. The number of nitrogens with one attached hydrogen (secondary N) is 2. The second-order valence-electron chi connectivity index (χ2n) is 6.75. The van der Waals surface area contributed by atoms with E-state index in [0.717, 1.165) is 30.0 Å². The number of anilines is 1. The van der Waals surface area contributed by atoms with Crippen LogP contribution in [-0.2, 0) is 6.42 Å². The zero-order valence-corrected chi connectivity index (χ0v) is 16.3. The molecule has 5 nitrogen and oxygen atoms in total. The Morgan fingerprint density at radius 3 is 2.24 bits per heavy atom. The molecule has 150 valence electrons. The van der Waals surface area contributed by atoms with Crippen molar-refractivity contribution in [3.63, 3.8) is 0 Å². The van der Waals surface area contributed by atoms with E-state index >= 15 is 0 Å². The quantitative estimate of drug-likeness (QED) is 0.463. The SMILES string of the molecule is O=C(Nc1ccc(CCNC[C@H](O)COc2ccccc2)cc1)c1ccccc1. The lowest BCUT2D eigenvalue weighted by atomic mass is 10.1. The maximum absolute atomic E-state index is 12.2. The van der Waals surface area contributed by atoms with E-state index in [1.54, 1.807) is 12.1 Å². The molecule has 0 aliphatic carbocycles. The molecule has 0 saturated heterocycles. The highest BCUT2D eigenvalue weighted by Gasteiger charge is 2.06. The summed E-state index contributed by atoms with van der Waals surface area (Å²) in [6.45, 7) is 1.48. The zero-order valence-electron chi connectivity index (χ0n) is 16.3. The zero-order chi connectivity index (χ0) is 20.3. The summed E-state index contributed by atoms with van der Waals surface area (Å²) in [6.07, 6.45) is 0.268. The molecule has 0 aromatic heterocycles. The Morgan fingerprint density at radius 2 is 1.55 bits per heavy atom. The third-order valence-electron chi connectivity index (χ3n) is 4.40. The van der Waals surface area contributed by atoms with Gasteiger partial charge in [-0.2, -0.15) is 0 Å². The van der Waals surface area contributed by atoms with Crippen molar-refractivity contribution in [2.75, 3.05) is 25.0 Å². The molecule has 5 heteroatoms. The highest BCUT2D eigenvalue weighted by atomic mass is 16.5. The van der Waals surface area contributed by atoms with Crippen LogP contribution in [0, 0.1) is 0 Å². The predicted octanol–water partition coefficient (Wildman–Crippen LogP) is 3.51. The van der Waals surface area contributed by atoms with Gasteiger partial charge in [-0.15, -0.1) is 0 Å². The molecule has 3 rings (SSSR count). The Balaban J connectivity index is 1.34. The molecule has 0 bridgehead atoms. The van der Waals surface area contributed by atoms with Crippen LogP contribution in [0.3, 0.4) is 0 Å². The number of para-hydroxylation sites is 1. The number of amides is 1. The maximum atomic E-state index is 12.2. The van der Waals surface area contributed by atoms with Crippen LogP contribution in [0.4, 0.5) is 5.69 Å². The fourth-order valence-corrected chi connectivity index (χ4v) is 2.82. The van der Waals surface area contributed by atoms with Crippen molar-refractivity contribution in [2.45, 2.75) is 12.5 Å². The van der Waals surface area contributed by atoms with E-state index in [-0.39, 0.29) is 12.5 Å². The van der Waals surface area contributed by atoms with Crippen molar-refractivity contribution >= 4 is 11.6 Å². The van der Waals surface area contributed by atoms with Crippen molar-refractivity contribution in [3.8, 4) is 5.75 Å². The summed E-state index contributed by atoms with van der Waals surface area (Å²) >= 11 is 0. The van der Waals surface area contributed by atoms with Gasteiger partial charge in [0.05, 0.1) is 0 Å². The molecule has 0 spiro atoms. The van der Waals surface area contributed by atoms with Crippen LogP contribution in [0.1, 0.15) is 15.9 Å². The molecule has 3 aromatic rings. The second-order valence-corrected chi connectivity index (χ2v) is 6.75. The number of aliphatic hydroxyl groups is 1. The van der Waals surface area contributed by atoms with Crippen LogP contribution in [0.15, 0.2) is 84.9 Å². The lowest BCUT2D eigenvalue weighted by Gasteiger charge is -2.13. The number of rotatable bonds is 10. The molecule has 29 heavy (non-hydrogen) atoms. The topological polar surface area (TPSA) is 70.6 Å². The predicted molar refractivity (Wildman–Crippen MR) is 115 cm³/mol. The van der Waals surface area contributed by atoms with E-state index in [2.05, 4.69) is 10.6 Å². The fourth-order valence-electron chi connectivity index (χ4n) is 2.82. The van der Waals surface area contributed by atoms with Gasteiger partial charge in [-0.05, 0) is 54.9 Å². The summed E-state index contributed by atoms with van der Waals surface area (Å²) in [5, 5.41) is 16.1. The van der Waals surface area contributed by atoms with Gasteiger partial charge in [-0.25, -0.2) is 0 Å². The average molecular weight is 390 g/mol. The third kappa shape index (κ3) is 7.07. The largest absolute Gasteiger partial charge is 0.491 e. The van der Waals surface area contributed by atoms with E-state index < -0.39 is 6.10 Å². The van der Waals surface area contributed by atoms with Crippen molar-refractivity contribution in [3.05, 3.63) is 96.1 Å². The van der Waals surface area contributed by atoms with Crippen molar-refractivity contribution in [2.24, 2.45) is 0 Å². The summed E-state index contributed by atoms with van der Waals surface area (Å²) < 4.78 is 5.54. The minimum Gasteiger partial charge on any atom is -0.491 e. The van der Waals surface area contributed by atoms with Gasteiger partial charge in [0.15, 0.2) is 0 Å². The monoisotopic (exact) mass is 390 g/mol. The summed E-state index contributed by atoms with van der Waals surface area (Å²) in [7, 11) is 0. The lowest BCUT2D eigenvalue weighted by Crippen LogP contribution is -2.32. The minimum atomic E-state index is -0.564. The minimum absolute atomic E-state index is 0.119. The van der Waals surface area contributed by atoms with Crippen LogP contribution in [0.25, 0.3) is 0 Å². The summed E-state index contributed by atoms with van der Waals surface area (Å²) in [6, 6.07) is 26.4. The first-order valence-electron chi connectivity index (χ1n) is 9.73. The van der Waals surface area contributed by atoms with Crippen LogP contribution in [0.5, 0.6) is 5.75 Å². The Labute approximate surface area is 171 Å². The standard InChI is InChI=1S/C24H26N2O3/c27-22(18-29-23-9-5-2-6-10-23)17-25-16-15-19-11-13-21(14-12-19)26-24(28)20-7-3-1-4-8-20/h1-14,22,25,27H,15-18H2,(H,26,28)/t22-/m0/s1. The lowest BCUT2D eigenvalue weighted by molar-refractivity contribution is 0.102. The van der Waals surface area contributed by atoms with E-state index in [1.807, 2.05) is 72.8 Å². The maximum Gasteiger partial charge on any atom is 0.255 e. The first kappa shape index (κ1) is 20.6. The van der Waals surface area contributed by atoms with Crippen molar-refractivity contribution < 1.29 is 14.6 Å². The van der Waals surface area contributed by atoms with Gasteiger partial charge in [-0.1, -0.05) is 48.5 Å². The molecule has 0 saturated carbocycles. The number of hydrogen-bond acceptors (Lipinski definition) is 4. The molecular weight excluding hydrogens is 364 g/mol. The summed E-state index contributed by atoms with van der Waals surface area (Å²) in [5.41, 5.74) is 2.56. The fraction of sp³-hybridized carbons (Fsp3) is 0.208. The number of benzene rings is 3. The molecule has 0 radical (unpaired) electrons. The molecule has 1 atom stereocenters. The van der Waals surface area contributed by atoms with E-state index in [4.69, 9.17) is 4.74 Å². The number of carbonyl (C=O) groups is 1. The van der Waals surface area contributed by atoms with Gasteiger partial charge in [0.25, 0.3) is 5.91 Å². The normalized spacial score (nSPS) is 11.6. The van der Waals surface area contributed by atoms with E-state index in [1.165, 1.54) is 0 Å². The van der Waals surface area contributed by atoms with Crippen LogP contribution in [-0.4, -0.2) is 36.8 Å². The molecule has 3 N–H and O–H groups in total. The van der Waals surface area contributed by atoms with Gasteiger partial charge in [0.1, 0.15) is 18.5 Å². The molecular formula is C24H26N2O3. The van der Waals surface area contributed by atoms with Crippen LogP contribution < -0.4 is 15.4 Å². The smallest absolute Gasteiger partial charge is 0.255 e. The summed E-state index contributed by atoms with van der Waals surface area (Å²) in [4.78, 5) is 12.2. The molecule has 0 fully saturated rings. The first-order valence-corrected chi connectivity index (χ1v) is 9.73. The van der Waals surface area contributed by atoms with E-state index in [9.17, 15) is 9.90 Å². The molecule has 3 aromatic carbocycles. The van der Waals surface area contributed by atoms with Gasteiger partial charge in [0.2, 0.25) is 0 Å². The number of carbonyl (C=O) groups excluding carboxylic acids is 1. The van der Waals surface area contributed by atoms with Gasteiger partial charge in [0, 0.05) is 17.8 Å². The van der Waals surface area contributed by atoms with Gasteiger partial charge < -0.3 is 20.5 Å². The van der Waals surface area contributed by atoms with Crippen molar-refractivity contribution in [1.82, 2.24) is 5.32 Å².